The molecule has 2 aromatic rings. The summed E-state index contributed by atoms with van der Waals surface area (Å²) in [5.41, 5.74) is 0. The van der Waals surface area contributed by atoms with Gasteiger partial charge in [-0.1, -0.05) is 12.8 Å². The van der Waals surface area contributed by atoms with Gasteiger partial charge in [-0.05, 0) is 25.0 Å². The predicted octanol–water partition coefficient (Wildman–Crippen LogP) is 1.55. The first-order valence-electron chi connectivity index (χ1n) is 8.50. The first-order chi connectivity index (χ1) is 12.6. The number of carbonyl (C=O) groups excluding carboxylic acids is 3. The highest BCUT2D eigenvalue weighted by Crippen LogP contribution is 2.37. The smallest absolute Gasteiger partial charge is 0.326 e. The molecule has 9 heteroatoms. The summed E-state index contributed by atoms with van der Waals surface area (Å²) in [6.07, 6.45) is 4.76. The summed E-state index contributed by atoms with van der Waals surface area (Å²) in [4.78, 5) is 37.7. The minimum Gasteiger partial charge on any atom is -0.459 e. The third-order valence-electron chi connectivity index (χ3n) is 4.78. The largest absolute Gasteiger partial charge is 0.459 e. The number of aromatic nitrogens is 2. The number of fused-ring (bicyclic) bond motifs is 1. The van der Waals surface area contributed by atoms with Crippen LogP contribution in [0, 0.1) is 11.8 Å². The fourth-order valence-electron chi connectivity index (χ4n) is 3.52. The Bertz CT molecular complexity index is 803. The fourth-order valence-corrected chi connectivity index (χ4v) is 3.52. The Morgan fingerprint density at radius 3 is 2.58 bits per heavy atom. The summed E-state index contributed by atoms with van der Waals surface area (Å²) in [7, 11) is 0. The molecule has 3 heterocycles. The lowest BCUT2D eigenvalue weighted by molar-refractivity contribution is -0.154. The van der Waals surface area contributed by atoms with Crippen LogP contribution in [0.5, 0.6) is 0 Å². The van der Waals surface area contributed by atoms with Crippen LogP contribution in [0.15, 0.2) is 27.2 Å². The van der Waals surface area contributed by atoms with Gasteiger partial charge in [-0.2, -0.15) is 0 Å². The predicted molar refractivity (Wildman–Crippen MR) is 84.0 cm³/mol. The third-order valence-corrected chi connectivity index (χ3v) is 4.78. The number of nitrogens with zero attached hydrogens (tertiary/aromatic N) is 3. The molecule has 0 N–H and O–H groups in total. The zero-order valence-electron chi connectivity index (χ0n) is 13.9. The summed E-state index contributed by atoms with van der Waals surface area (Å²) in [6, 6.07) is 3.34. The SMILES string of the molecule is O=C(CN1C(=O)[C@H]2CCCC[C@H]2C1=O)OCc1nnc(-c2ccco2)o1. The van der Waals surface area contributed by atoms with Crippen LogP contribution < -0.4 is 0 Å². The van der Waals surface area contributed by atoms with Crippen LogP contribution in [0.4, 0.5) is 0 Å². The number of hydrogen-bond donors (Lipinski definition) is 0. The van der Waals surface area contributed by atoms with Gasteiger partial charge in [-0.25, -0.2) is 0 Å². The van der Waals surface area contributed by atoms with E-state index in [4.69, 9.17) is 13.6 Å². The maximum Gasteiger partial charge on any atom is 0.326 e. The molecule has 2 amide bonds. The Kier molecular flexibility index (Phi) is 4.27. The molecule has 26 heavy (non-hydrogen) atoms. The molecule has 0 spiro atoms. The molecule has 2 aromatic heterocycles. The minimum atomic E-state index is -0.692. The topological polar surface area (TPSA) is 116 Å². The van der Waals surface area contributed by atoms with Gasteiger partial charge in [0.25, 0.3) is 11.8 Å². The van der Waals surface area contributed by atoms with Crippen molar-refractivity contribution in [3.05, 3.63) is 24.3 Å². The van der Waals surface area contributed by atoms with Gasteiger partial charge in [-0.15, -0.1) is 10.2 Å². The van der Waals surface area contributed by atoms with Crippen LogP contribution in [0.2, 0.25) is 0 Å². The lowest BCUT2D eigenvalue weighted by atomic mass is 9.81. The number of ether oxygens (including phenoxy) is 1. The molecule has 0 aromatic carbocycles. The van der Waals surface area contributed by atoms with E-state index in [0.29, 0.717) is 18.6 Å². The highest BCUT2D eigenvalue weighted by atomic mass is 16.5. The lowest BCUT2D eigenvalue weighted by Gasteiger charge is -2.19. The second-order valence-corrected chi connectivity index (χ2v) is 6.40. The number of furan rings is 1. The maximum absolute atomic E-state index is 12.3. The van der Waals surface area contributed by atoms with E-state index in [1.807, 2.05) is 0 Å². The summed E-state index contributed by atoms with van der Waals surface area (Å²) >= 11 is 0. The second-order valence-electron chi connectivity index (χ2n) is 6.40. The van der Waals surface area contributed by atoms with Crippen molar-refractivity contribution in [3.8, 4) is 11.7 Å². The van der Waals surface area contributed by atoms with Crippen molar-refractivity contribution in [1.82, 2.24) is 15.1 Å². The van der Waals surface area contributed by atoms with Crippen LogP contribution in [-0.4, -0.2) is 39.4 Å². The molecule has 136 valence electrons. The van der Waals surface area contributed by atoms with E-state index in [1.165, 1.54) is 6.26 Å². The van der Waals surface area contributed by atoms with Gasteiger partial charge < -0.3 is 13.6 Å². The lowest BCUT2D eigenvalue weighted by Crippen LogP contribution is -2.36. The zero-order valence-corrected chi connectivity index (χ0v) is 13.9. The Morgan fingerprint density at radius 1 is 1.19 bits per heavy atom. The van der Waals surface area contributed by atoms with Crippen LogP contribution >= 0.6 is 0 Å². The number of amides is 2. The van der Waals surface area contributed by atoms with Crippen LogP contribution in [-0.2, 0) is 25.7 Å². The molecule has 1 saturated carbocycles. The van der Waals surface area contributed by atoms with Crippen LogP contribution in [0.25, 0.3) is 11.7 Å². The van der Waals surface area contributed by atoms with E-state index >= 15 is 0 Å². The van der Waals surface area contributed by atoms with E-state index in [-0.39, 0.29) is 48.6 Å². The van der Waals surface area contributed by atoms with E-state index in [1.54, 1.807) is 12.1 Å². The van der Waals surface area contributed by atoms with Gasteiger partial charge in [0.2, 0.25) is 11.8 Å². The molecule has 0 bridgehead atoms. The van der Waals surface area contributed by atoms with E-state index in [9.17, 15) is 14.4 Å². The molecule has 4 rings (SSSR count). The van der Waals surface area contributed by atoms with E-state index in [0.717, 1.165) is 17.7 Å². The van der Waals surface area contributed by atoms with Gasteiger partial charge in [0, 0.05) is 0 Å². The molecule has 2 aliphatic rings. The Morgan fingerprint density at radius 2 is 1.92 bits per heavy atom. The highest BCUT2D eigenvalue weighted by molar-refractivity contribution is 6.07. The molecule has 0 radical (unpaired) electrons. The highest BCUT2D eigenvalue weighted by Gasteiger charge is 2.48. The standard InChI is InChI=1S/C17H17N3O6/c21-14(8-20-16(22)10-4-1-2-5-11(10)17(20)23)25-9-13-18-19-15(26-13)12-6-3-7-24-12/h3,6-7,10-11H,1-2,4-5,8-9H2/t10-,11+. The summed E-state index contributed by atoms with van der Waals surface area (Å²) < 4.78 is 15.5. The number of imide groups is 1. The van der Waals surface area contributed by atoms with Crippen molar-refractivity contribution >= 4 is 17.8 Å². The van der Waals surface area contributed by atoms with Gasteiger partial charge >= 0.3 is 5.97 Å². The van der Waals surface area contributed by atoms with Crippen molar-refractivity contribution in [2.75, 3.05) is 6.54 Å². The van der Waals surface area contributed by atoms with Crippen LogP contribution in [0.1, 0.15) is 31.6 Å². The van der Waals surface area contributed by atoms with Gasteiger partial charge in [-0.3, -0.25) is 19.3 Å². The second kappa shape index (κ2) is 6.74. The number of hydrogen-bond acceptors (Lipinski definition) is 8. The summed E-state index contributed by atoms with van der Waals surface area (Å²) in [6.45, 7) is -0.626. The fraction of sp³-hybridized carbons (Fsp3) is 0.471. The number of likely N-dealkylation sites (tertiary alicyclic amines) is 1. The van der Waals surface area contributed by atoms with Crippen molar-refractivity contribution in [2.45, 2.75) is 32.3 Å². The molecule has 1 aliphatic carbocycles. The van der Waals surface area contributed by atoms with Crippen molar-refractivity contribution in [1.29, 1.82) is 0 Å². The number of rotatable bonds is 5. The zero-order chi connectivity index (χ0) is 18.1. The first-order valence-corrected chi connectivity index (χ1v) is 8.50. The van der Waals surface area contributed by atoms with E-state index < -0.39 is 5.97 Å². The maximum atomic E-state index is 12.3. The van der Waals surface area contributed by atoms with Crippen LogP contribution in [0.3, 0.4) is 0 Å². The molecule has 9 nitrogen and oxygen atoms in total. The molecule has 1 aliphatic heterocycles. The van der Waals surface area contributed by atoms with Crippen molar-refractivity contribution < 1.29 is 28.0 Å². The molecule has 0 unspecified atom stereocenters. The molecular formula is C17H17N3O6. The third kappa shape index (κ3) is 3.00. The number of esters is 1. The summed E-state index contributed by atoms with van der Waals surface area (Å²) in [5.74, 6) is -1.11. The minimum absolute atomic E-state index is 0.0949. The molecule has 1 saturated heterocycles. The molecular weight excluding hydrogens is 342 g/mol. The van der Waals surface area contributed by atoms with Gasteiger partial charge in [0.05, 0.1) is 18.1 Å². The Labute approximate surface area is 148 Å². The Hall–Kier alpha value is -2.97. The van der Waals surface area contributed by atoms with Crippen molar-refractivity contribution in [2.24, 2.45) is 11.8 Å². The average Bonchev–Trinajstić information content (AvgIpc) is 3.38. The van der Waals surface area contributed by atoms with Gasteiger partial charge in [0.1, 0.15) is 6.54 Å². The quantitative estimate of drug-likeness (QED) is 0.583. The summed E-state index contributed by atoms with van der Waals surface area (Å²) in [5, 5.41) is 7.56. The Balaban J connectivity index is 1.33. The monoisotopic (exact) mass is 359 g/mol. The molecule has 2 atom stereocenters. The molecule has 2 fully saturated rings. The van der Waals surface area contributed by atoms with Crippen molar-refractivity contribution in [3.63, 3.8) is 0 Å². The van der Waals surface area contributed by atoms with E-state index in [2.05, 4.69) is 10.2 Å². The number of carbonyl (C=O) groups is 3. The average molecular weight is 359 g/mol. The normalized spacial score (nSPS) is 22.5. The van der Waals surface area contributed by atoms with Gasteiger partial charge in [0.15, 0.2) is 12.4 Å². The first kappa shape index (κ1) is 16.5.